The Morgan fingerprint density at radius 3 is 2.58 bits per heavy atom. The van der Waals surface area contributed by atoms with Crippen LogP contribution < -0.4 is 11.1 Å². The normalized spacial score (nSPS) is 9.37. The number of hydrogen-bond acceptors (Lipinski definition) is 4. The molecule has 0 aliphatic rings. The quantitative estimate of drug-likeness (QED) is 0.817. The molecule has 2 aromatic rings. The third kappa shape index (κ3) is 2.83. The van der Waals surface area contributed by atoms with Crippen molar-refractivity contribution in [2.24, 2.45) is 0 Å². The van der Waals surface area contributed by atoms with E-state index in [1.165, 1.54) is 0 Å². The van der Waals surface area contributed by atoms with Crippen molar-refractivity contribution >= 4 is 11.4 Å². The molecule has 0 amide bonds. The number of nitrogens with one attached hydrogen (secondary N) is 1. The van der Waals surface area contributed by atoms with E-state index in [1.807, 2.05) is 30.3 Å². The van der Waals surface area contributed by atoms with E-state index in [4.69, 9.17) is 16.3 Å². The van der Waals surface area contributed by atoms with E-state index in [0.717, 1.165) is 11.3 Å². The Morgan fingerprint density at radius 2 is 1.84 bits per heavy atom. The van der Waals surface area contributed by atoms with Gasteiger partial charge in [0.25, 0.3) is 0 Å². The van der Waals surface area contributed by atoms with E-state index in [1.54, 1.807) is 18.2 Å². The van der Waals surface area contributed by atoms with Gasteiger partial charge >= 0.3 is 0 Å². The van der Waals surface area contributed by atoms with Crippen LogP contribution in [0.4, 0.5) is 11.4 Å². The maximum absolute atomic E-state index is 8.90. The first-order valence-electron chi connectivity index (χ1n) is 5.76. The molecule has 0 saturated carbocycles. The number of nitriles is 2. The number of para-hydroxylation sites is 1. The topological polar surface area (TPSA) is 85.6 Å². The molecule has 19 heavy (non-hydrogen) atoms. The molecule has 0 radical (unpaired) electrons. The number of nitrogens with zero attached hydrogens (tertiary/aromatic N) is 2. The van der Waals surface area contributed by atoms with Gasteiger partial charge < -0.3 is 11.1 Å². The Kier molecular flexibility index (Phi) is 3.66. The fourth-order valence-corrected chi connectivity index (χ4v) is 1.76. The van der Waals surface area contributed by atoms with E-state index in [9.17, 15) is 0 Å². The summed E-state index contributed by atoms with van der Waals surface area (Å²) in [5.74, 6) is 0. The number of anilines is 2. The largest absolute Gasteiger partial charge is 0.396 e. The molecule has 0 bridgehead atoms. The molecular formula is C15H12N4. The molecule has 2 rings (SSSR count). The average molecular weight is 248 g/mol. The number of nitrogens with two attached hydrogens (primary N) is 1. The highest BCUT2D eigenvalue weighted by atomic mass is 14.9. The van der Waals surface area contributed by atoms with E-state index >= 15 is 0 Å². The van der Waals surface area contributed by atoms with Gasteiger partial charge in [-0.1, -0.05) is 18.2 Å². The molecule has 0 aliphatic heterocycles. The third-order valence-electron chi connectivity index (χ3n) is 2.77. The van der Waals surface area contributed by atoms with Crippen LogP contribution in [0.2, 0.25) is 0 Å². The van der Waals surface area contributed by atoms with Crippen molar-refractivity contribution in [1.82, 2.24) is 0 Å². The molecule has 0 spiro atoms. The minimum atomic E-state index is 0.446. The summed E-state index contributed by atoms with van der Waals surface area (Å²) in [5, 5.41) is 20.9. The van der Waals surface area contributed by atoms with Crippen molar-refractivity contribution in [1.29, 1.82) is 10.5 Å². The van der Waals surface area contributed by atoms with Crippen molar-refractivity contribution < 1.29 is 0 Å². The van der Waals surface area contributed by atoms with Crippen LogP contribution in [0.3, 0.4) is 0 Å². The Bertz CT molecular complexity index is 677. The van der Waals surface area contributed by atoms with Crippen LogP contribution in [0.5, 0.6) is 0 Å². The highest BCUT2D eigenvalue weighted by Gasteiger charge is 2.04. The van der Waals surface area contributed by atoms with Gasteiger partial charge in [-0.05, 0) is 29.8 Å². The van der Waals surface area contributed by atoms with E-state index in [2.05, 4.69) is 11.4 Å². The Labute approximate surface area is 111 Å². The predicted octanol–water partition coefficient (Wildman–Crippen LogP) is 2.62. The molecule has 92 valence electrons. The molecule has 0 saturated heterocycles. The Hall–Kier alpha value is -2.98. The average Bonchev–Trinajstić information content (AvgIpc) is 2.46. The molecule has 0 unspecified atom stereocenters. The number of benzene rings is 2. The molecule has 4 nitrogen and oxygen atoms in total. The lowest BCUT2D eigenvalue weighted by molar-refractivity contribution is 1.15. The minimum absolute atomic E-state index is 0.446. The van der Waals surface area contributed by atoms with Gasteiger partial charge in [-0.3, -0.25) is 0 Å². The van der Waals surface area contributed by atoms with Gasteiger partial charge in [0.2, 0.25) is 0 Å². The molecule has 2 aromatic carbocycles. The summed E-state index contributed by atoms with van der Waals surface area (Å²) in [4.78, 5) is 0. The van der Waals surface area contributed by atoms with Gasteiger partial charge in [0.15, 0.2) is 0 Å². The van der Waals surface area contributed by atoms with Crippen LogP contribution >= 0.6 is 0 Å². The molecular weight excluding hydrogens is 236 g/mol. The molecule has 0 fully saturated rings. The maximum atomic E-state index is 8.90. The van der Waals surface area contributed by atoms with Crippen LogP contribution in [0.15, 0.2) is 42.5 Å². The van der Waals surface area contributed by atoms with E-state index in [0.29, 0.717) is 23.4 Å². The summed E-state index contributed by atoms with van der Waals surface area (Å²) in [6.45, 7) is 0.550. The van der Waals surface area contributed by atoms with Crippen LogP contribution in [0.25, 0.3) is 0 Å². The van der Waals surface area contributed by atoms with Crippen LogP contribution in [-0.2, 0) is 6.54 Å². The highest BCUT2D eigenvalue weighted by Crippen LogP contribution is 2.22. The molecule has 0 aliphatic carbocycles. The van der Waals surface area contributed by atoms with Crippen LogP contribution in [0.1, 0.15) is 16.7 Å². The first-order chi connectivity index (χ1) is 9.24. The summed E-state index contributed by atoms with van der Waals surface area (Å²) in [7, 11) is 0. The summed E-state index contributed by atoms with van der Waals surface area (Å²) >= 11 is 0. The van der Waals surface area contributed by atoms with Gasteiger partial charge in [-0.2, -0.15) is 10.5 Å². The minimum Gasteiger partial charge on any atom is -0.396 e. The van der Waals surface area contributed by atoms with Crippen molar-refractivity contribution in [3.05, 3.63) is 59.2 Å². The van der Waals surface area contributed by atoms with E-state index in [-0.39, 0.29) is 0 Å². The van der Waals surface area contributed by atoms with Gasteiger partial charge in [-0.25, -0.2) is 0 Å². The van der Waals surface area contributed by atoms with Gasteiger partial charge in [0, 0.05) is 6.54 Å². The first kappa shape index (κ1) is 12.5. The summed E-state index contributed by atoms with van der Waals surface area (Å²) in [6, 6.07) is 16.8. The second-order valence-electron chi connectivity index (χ2n) is 4.04. The lowest BCUT2D eigenvalue weighted by Gasteiger charge is -2.10. The zero-order valence-electron chi connectivity index (χ0n) is 10.2. The van der Waals surface area contributed by atoms with Gasteiger partial charge in [0.05, 0.1) is 28.6 Å². The standard InChI is InChI=1S/C15H12N4/c16-8-11-3-1-4-12(7-11)10-19-14-6-2-5-13(9-17)15(14)18/h1-7,19H,10,18H2. The van der Waals surface area contributed by atoms with Crippen molar-refractivity contribution in [2.75, 3.05) is 11.1 Å². The second kappa shape index (κ2) is 5.57. The molecule has 4 heteroatoms. The zero-order valence-corrected chi connectivity index (χ0v) is 10.2. The zero-order chi connectivity index (χ0) is 13.7. The lowest BCUT2D eigenvalue weighted by atomic mass is 10.1. The van der Waals surface area contributed by atoms with Gasteiger partial charge in [-0.15, -0.1) is 0 Å². The van der Waals surface area contributed by atoms with Crippen molar-refractivity contribution in [2.45, 2.75) is 6.54 Å². The van der Waals surface area contributed by atoms with Crippen molar-refractivity contribution in [3.63, 3.8) is 0 Å². The van der Waals surface area contributed by atoms with E-state index < -0.39 is 0 Å². The smallest absolute Gasteiger partial charge is 0.101 e. The second-order valence-corrected chi connectivity index (χ2v) is 4.04. The number of nitrogen functional groups attached to an aromatic ring is 1. The molecule has 0 aromatic heterocycles. The monoisotopic (exact) mass is 248 g/mol. The van der Waals surface area contributed by atoms with Crippen LogP contribution in [-0.4, -0.2) is 0 Å². The van der Waals surface area contributed by atoms with Gasteiger partial charge in [0.1, 0.15) is 6.07 Å². The third-order valence-corrected chi connectivity index (χ3v) is 2.77. The van der Waals surface area contributed by atoms with Crippen molar-refractivity contribution in [3.8, 4) is 12.1 Å². The fraction of sp³-hybridized carbons (Fsp3) is 0.0667. The SMILES string of the molecule is N#Cc1cccc(CNc2cccc(C#N)c2N)c1. The summed E-state index contributed by atoms with van der Waals surface area (Å²) < 4.78 is 0. The molecule has 0 atom stereocenters. The number of rotatable bonds is 3. The maximum Gasteiger partial charge on any atom is 0.101 e. The Balaban J connectivity index is 2.15. The summed E-state index contributed by atoms with van der Waals surface area (Å²) in [5.41, 5.74) is 9.11. The number of hydrogen-bond donors (Lipinski definition) is 2. The summed E-state index contributed by atoms with van der Waals surface area (Å²) in [6.07, 6.45) is 0. The highest BCUT2D eigenvalue weighted by molar-refractivity contribution is 5.72. The Morgan fingerprint density at radius 1 is 1.05 bits per heavy atom. The predicted molar refractivity (Wildman–Crippen MR) is 74.1 cm³/mol. The van der Waals surface area contributed by atoms with Crippen LogP contribution in [0, 0.1) is 22.7 Å². The fourth-order valence-electron chi connectivity index (χ4n) is 1.76. The molecule has 0 heterocycles. The lowest BCUT2D eigenvalue weighted by Crippen LogP contribution is -2.03. The first-order valence-corrected chi connectivity index (χ1v) is 5.76. The molecule has 3 N–H and O–H groups in total.